The van der Waals surface area contributed by atoms with Crippen LogP contribution in [0.3, 0.4) is 0 Å². The predicted octanol–water partition coefficient (Wildman–Crippen LogP) is 1.96. The maximum absolute atomic E-state index is 12.5. The van der Waals surface area contributed by atoms with E-state index in [1.54, 1.807) is 0 Å². The molecule has 8 heteroatoms. The first-order chi connectivity index (χ1) is 8.54. The Balaban J connectivity index is 3.13. The Bertz CT molecular complexity index is 581. The van der Waals surface area contributed by atoms with Crippen LogP contribution in [0.1, 0.15) is 19.4 Å². The van der Waals surface area contributed by atoms with Crippen LogP contribution in [0.5, 0.6) is 0 Å². The molecule has 0 aromatic heterocycles. The van der Waals surface area contributed by atoms with E-state index in [0.717, 1.165) is 18.2 Å². The Hall–Kier alpha value is -1.41. The Labute approximate surface area is 108 Å². The van der Waals surface area contributed by atoms with E-state index in [1.807, 2.05) is 4.72 Å². The number of rotatable bonds is 4. The third-order valence-electron chi connectivity index (χ3n) is 2.41. The number of ketones is 1. The van der Waals surface area contributed by atoms with Crippen LogP contribution in [-0.2, 0) is 21.0 Å². The van der Waals surface area contributed by atoms with Crippen LogP contribution in [0.15, 0.2) is 29.2 Å². The average Bonchev–Trinajstić information content (AvgIpc) is 2.27. The Kier molecular flexibility index (Phi) is 4.36. The summed E-state index contributed by atoms with van der Waals surface area (Å²) >= 11 is 0. The van der Waals surface area contributed by atoms with Gasteiger partial charge < -0.3 is 0 Å². The van der Waals surface area contributed by atoms with Crippen LogP contribution in [-0.4, -0.2) is 20.2 Å². The molecule has 0 aliphatic carbocycles. The van der Waals surface area contributed by atoms with Gasteiger partial charge >= 0.3 is 6.18 Å². The quantitative estimate of drug-likeness (QED) is 0.923. The molecule has 1 unspecified atom stereocenters. The number of carbonyl (C=O) groups is 1. The molecule has 1 rings (SSSR count). The number of sulfonamides is 1. The molecule has 1 aromatic rings. The van der Waals surface area contributed by atoms with Gasteiger partial charge in [0.05, 0.1) is 16.5 Å². The minimum Gasteiger partial charge on any atom is -0.298 e. The summed E-state index contributed by atoms with van der Waals surface area (Å²) in [5.74, 6) is -0.435. The summed E-state index contributed by atoms with van der Waals surface area (Å²) < 4.78 is 63.0. The third-order valence-corrected chi connectivity index (χ3v) is 3.95. The molecule has 1 aromatic carbocycles. The van der Waals surface area contributed by atoms with Crippen molar-refractivity contribution in [3.8, 4) is 0 Å². The Morgan fingerprint density at radius 3 is 2.37 bits per heavy atom. The molecule has 0 spiro atoms. The van der Waals surface area contributed by atoms with E-state index in [1.165, 1.54) is 13.8 Å². The van der Waals surface area contributed by atoms with Gasteiger partial charge in [0.2, 0.25) is 10.0 Å². The van der Waals surface area contributed by atoms with E-state index in [9.17, 15) is 26.4 Å². The molecule has 106 valence electrons. The second-order valence-electron chi connectivity index (χ2n) is 3.98. The fourth-order valence-electron chi connectivity index (χ4n) is 1.22. The van der Waals surface area contributed by atoms with Crippen molar-refractivity contribution in [1.82, 2.24) is 4.72 Å². The van der Waals surface area contributed by atoms with Crippen molar-refractivity contribution in [2.45, 2.75) is 31.0 Å². The van der Waals surface area contributed by atoms with Gasteiger partial charge in [-0.25, -0.2) is 13.1 Å². The van der Waals surface area contributed by atoms with Gasteiger partial charge in [0.15, 0.2) is 0 Å². The molecule has 0 amide bonds. The van der Waals surface area contributed by atoms with Gasteiger partial charge in [-0.2, -0.15) is 13.2 Å². The van der Waals surface area contributed by atoms with E-state index in [4.69, 9.17) is 0 Å². The summed E-state index contributed by atoms with van der Waals surface area (Å²) in [6.07, 6.45) is -4.63. The number of alkyl halides is 3. The minimum atomic E-state index is -4.63. The highest BCUT2D eigenvalue weighted by Crippen LogP contribution is 2.30. The van der Waals surface area contributed by atoms with Crippen molar-refractivity contribution in [3.63, 3.8) is 0 Å². The van der Waals surface area contributed by atoms with Crippen molar-refractivity contribution in [2.75, 3.05) is 0 Å². The Morgan fingerprint density at radius 2 is 1.89 bits per heavy atom. The molecule has 0 heterocycles. The second kappa shape index (κ2) is 5.30. The molecular formula is C11H12F3NO3S. The normalized spacial score (nSPS) is 14.2. The molecule has 0 bridgehead atoms. The lowest BCUT2D eigenvalue weighted by Crippen LogP contribution is -2.37. The predicted molar refractivity (Wildman–Crippen MR) is 61.9 cm³/mol. The smallest absolute Gasteiger partial charge is 0.298 e. The number of benzene rings is 1. The van der Waals surface area contributed by atoms with Crippen LogP contribution in [0.2, 0.25) is 0 Å². The van der Waals surface area contributed by atoms with Gasteiger partial charge in [-0.15, -0.1) is 0 Å². The molecule has 0 radical (unpaired) electrons. The number of Topliss-reactive ketones (excluding diaryl/α,β-unsaturated/α-hetero) is 1. The molecule has 1 atom stereocenters. The summed E-state index contributed by atoms with van der Waals surface area (Å²) in [5, 5.41) is 0. The zero-order valence-electron chi connectivity index (χ0n) is 10.2. The lowest BCUT2D eigenvalue weighted by atomic mass is 10.2. The summed E-state index contributed by atoms with van der Waals surface area (Å²) in [4.78, 5) is 10.4. The summed E-state index contributed by atoms with van der Waals surface area (Å²) in [6, 6.07) is 2.32. The van der Waals surface area contributed by atoms with E-state index in [0.29, 0.717) is 6.07 Å². The average molecular weight is 295 g/mol. The lowest BCUT2D eigenvalue weighted by Gasteiger charge is -2.13. The molecule has 0 saturated heterocycles. The molecule has 1 N–H and O–H groups in total. The minimum absolute atomic E-state index is 0.435. The highest BCUT2D eigenvalue weighted by Gasteiger charge is 2.32. The summed E-state index contributed by atoms with van der Waals surface area (Å²) in [6.45, 7) is 2.49. The van der Waals surface area contributed by atoms with E-state index in [2.05, 4.69) is 0 Å². The van der Waals surface area contributed by atoms with Crippen LogP contribution in [0, 0.1) is 0 Å². The maximum atomic E-state index is 12.5. The van der Waals surface area contributed by atoms with Gasteiger partial charge in [-0.05, 0) is 32.0 Å². The topological polar surface area (TPSA) is 63.2 Å². The van der Waals surface area contributed by atoms with Crippen molar-refractivity contribution in [1.29, 1.82) is 0 Å². The number of hydrogen-bond acceptors (Lipinski definition) is 3. The number of nitrogens with one attached hydrogen (secondary N) is 1. The molecule has 0 fully saturated rings. The fourth-order valence-corrected chi connectivity index (χ4v) is 2.53. The first-order valence-electron chi connectivity index (χ1n) is 5.24. The van der Waals surface area contributed by atoms with Crippen molar-refractivity contribution in [2.24, 2.45) is 0 Å². The molecule has 0 aliphatic heterocycles. The van der Waals surface area contributed by atoms with E-state index >= 15 is 0 Å². The van der Waals surface area contributed by atoms with Crippen molar-refractivity contribution >= 4 is 15.8 Å². The zero-order valence-corrected chi connectivity index (χ0v) is 11.0. The highest BCUT2D eigenvalue weighted by atomic mass is 32.2. The van der Waals surface area contributed by atoms with Crippen LogP contribution in [0.4, 0.5) is 13.2 Å². The van der Waals surface area contributed by atoms with Gasteiger partial charge in [-0.3, -0.25) is 4.79 Å². The van der Waals surface area contributed by atoms with Crippen molar-refractivity contribution in [3.05, 3.63) is 29.8 Å². The summed E-state index contributed by atoms with van der Waals surface area (Å²) in [5.41, 5.74) is -1.06. The van der Waals surface area contributed by atoms with Gasteiger partial charge in [0.1, 0.15) is 5.78 Å². The lowest BCUT2D eigenvalue weighted by molar-refractivity contribution is -0.137. The Morgan fingerprint density at radius 1 is 1.32 bits per heavy atom. The SMILES string of the molecule is CC(=O)C(C)NS(=O)(=O)c1cccc(C(F)(F)F)c1. The van der Waals surface area contributed by atoms with Gasteiger partial charge in [0.25, 0.3) is 0 Å². The maximum Gasteiger partial charge on any atom is 0.416 e. The molecular weight excluding hydrogens is 283 g/mol. The fraction of sp³-hybridized carbons (Fsp3) is 0.364. The van der Waals surface area contributed by atoms with Crippen LogP contribution in [0.25, 0.3) is 0 Å². The van der Waals surface area contributed by atoms with Gasteiger partial charge in [0, 0.05) is 0 Å². The van der Waals surface area contributed by atoms with E-state index < -0.39 is 38.5 Å². The largest absolute Gasteiger partial charge is 0.416 e. The molecule has 0 saturated carbocycles. The van der Waals surface area contributed by atoms with Crippen molar-refractivity contribution < 1.29 is 26.4 Å². The second-order valence-corrected chi connectivity index (χ2v) is 5.69. The first kappa shape index (κ1) is 15.6. The highest BCUT2D eigenvalue weighted by molar-refractivity contribution is 7.89. The monoisotopic (exact) mass is 295 g/mol. The van der Waals surface area contributed by atoms with Crippen LogP contribution < -0.4 is 4.72 Å². The first-order valence-corrected chi connectivity index (χ1v) is 6.72. The number of hydrogen-bond donors (Lipinski definition) is 1. The molecule has 0 aliphatic rings. The third kappa shape index (κ3) is 4.03. The zero-order chi connectivity index (χ0) is 14.8. The van der Waals surface area contributed by atoms with E-state index in [-0.39, 0.29) is 0 Å². The van der Waals surface area contributed by atoms with Crippen LogP contribution >= 0.6 is 0 Å². The molecule has 4 nitrogen and oxygen atoms in total. The molecule has 19 heavy (non-hydrogen) atoms. The summed E-state index contributed by atoms with van der Waals surface area (Å²) in [7, 11) is -4.16. The standard InChI is InChI=1S/C11H12F3NO3S/c1-7(8(2)16)15-19(17,18)10-5-3-4-9(6-10)11(12,13)14/h3-7,15H,1-2H3. The van der Waals surface area contributed by atoms with Gasteiger partial charge in [-0.1, -0.05) is 6.07 Å². The number of halogens is 3. The number of carbonyl (C=O) groups excluding carboxylic acids is 1.